The second-order valence-corrected chi connectivity index (χ2v) is 6.78. The van der Waals surface area contributed by atoms with Crippen molar-refractivity contribution in [3.8, 4) is 34.3 Å². The van der Waals surface area contributed by atoms with Crippen LogP contribution in [0.2, 0.25) is 0 Å². The van der Waals surface area contributed by atoms with Crippen molar-refractivity contribution in [1.29, 1.82) is 0 Å². The van der Waals surface area contributed by atoms with E-state index < -0.39 is 0 Å². The molecular formula is C23H14BNO2. The van der Waals surface area contributed by atoms with Crippen molar-refractivity contribution in [2.75, 3.05) is 0 Å². The van der Waals surface area contributed by atoms with Gasteiger partial charge in [0.15, 0.2) is 0 Å². The minimum atomic E-state index is 0.0913. The molecule has 126 valence electrons. The van der Waals surface area contributed by atoms with Gasteiger partial charge in [0, 0.05) is 17.2 Å². The smallest absolute Gasteiger partial charge is 0.260 e. The Balaban J connectivity index is 1.68. The van der Waals surface area contributed by atoms with Gasteiger partial charge in [0.05, 0.1) is 5.69 Å². The Labute approximate surface area is 157 Å². The third-order valence-electron chi connectivity index (χ3n) is 5.28. The molecule has 0 aliphatic carbocycles. The number of hydrogen-bond acceptors (Lipinski definition) is 3. The van der Waals surface area contributed by atoms with Gasteiger partial charge in [-0.3, -0.25) is 4.98 Å². The summed E-state index contributed by atoms with van der Waals surface area (Å²) < 4.78 is 12.6. The predicted molar refractivity (Wildman–Crippen MR) is 107 cm³/mol. The molecule has 0 amide bonds. The monoisotopic (exact) mass is 347 g/mol. The van der Waals surface area contributed by atoms with E-state index in [2.05, 4.69) is 29.2 Å². The van der Waals surface area contributed by atoms with Gasteiger partial charge in [-0.2, -0.15) is 0 Å². The summed E-state index contributed by atoms with van der Waals surface area (Å²) in [4.78, 5) is 4.54. The van der Waals surface area contributed by atoms with Gasteiger partial charge in [-0.15, -0.1) is 0 Å². The molecule has 3 nitrogen and oxygen atoms in total. The molecule has 0 saturated heterocycles. The molecule has 0 bridgehead atoms. The maximum absolute atomic E-state index is 6.40. The van der Waals surface area contributed by atoms with Crippen LogP contribution in [0.5, 0.6) is 23.0 Å². The van der Waals surface area contributed by atoms with Crippen LogP contribution in [-0.2, 0) is 0 Å². The van der Waals surface area contributed by atoms with Gasteiger partial charge in [0.2, 0.25) is 0 Å². The first-order valence-corrected chi connectivity index (χ1v) is 9.02. The maximum Gasteiger partial charge on any atom is 0.260 e. The molecule has 1 aromatic heterocycles. The molecule has 0 N–H and O–H groups in total. The Bertz CT molecular complexity index is 1180. The van der Waals surface area contributed by atoms with E-state index in [-0.39, 0.29) is 6.71 Å². The average molecular weight is 347 g/mol. The number of fused-ring (bicyclic) bond motifs is 4. The second kappa shape index (κ2) is 5.48. The third-order valence-corrected chi connectivity index (χ3v) is 5.28. The minimum Gasteiger partial charge on any atom is -0.458 e. The fourth-order valence-electron chi connectivity index (χ4n) is 4.11. The van der Waals surface area contributed by atoms with Crippen LogP contribution in [-0.4, -0.2) is 11.7 Å². The molecule has 2 aliphatic heterocycles. The zero-order valence-corrected chi connectivity index (χ0v) is 14.4. The van der Waals surface area contributed by atoms with Crippen LogP contribution in [0, 0.1) is 0 Å². The zero-order valence-electron chi connectivity index (χ0n) is 14.4. The Morgan fingerprint density at radius 1 is 0.630 bits per heavy atom. The Morgan fingerprint density at radius 3 is 2.07 bits per heavy atom. The summed E-state index contributed by atoms with van der Waals surface area (Å²) in [7, 11) is 0. The van der Waals surface area contributed by atoms with Crippen molar-refractivity contribution < 1.29 is 9.47 Å². The minimum absolute atomic E-state index is 0.0913. The molecule has 4 heteroatoms. The van der Waals surface area contributed by atoms with Crippen LogP contribution in [0.1, 0.15) is 0 Å². The van der Waals surface area contributed by atoms with E-state index in [0.717, 1.165) is 39.7 Å². The van der Waals surface area contributed by atoms with Crippen molar-refractivity contribution in [2.24, 2.45) is 0 Å². The number of rotatable bonds is 1. The maximum atomic E-state index is 6.40. The van der Waals surface area contributed by atoms with E-state index in [1.807, 2.05) is 60.8 Å². The van der Waals surface area contributed by atoms with Gasteiger partial charge in [-0.05, 0) is 47.3 Å². The summed E-state index contributed by atoms with van der Waals surface area (Å²) in [5, 5.41) is 0. The SMILES string of the molecule is c1ccc(-c2ccc3c4c2Oc2ccccc2B4c2ccccc2O3)nc1. The fourth-order valence-corrected chi connectivity index (χ4v) is 4.11. The van der Waals surface area contributed by atoms with Crippen LogP contribution in [0.25, 0.3) is 11.3 Å². The highest BCUT2D eigenvalue weighted by atomic mass is 16.5. The lowest BCUT2D eigenvalue weighted by molar-refractivity contribution is 0.465. The van der Waals surface area contributed by atoms with Crippen molar-refractivity contribution in [3.63, 3.8) is 0 Å². The molecule has 4 aromatic rings. The number of nitrogens with zero attached hydrogens (tertiary/aromatic N) is 1. The molecule has 0 radical (unpaired) electrons. The van der Waals surface area contributed by atoms with Crippen LogP contribution in [0.15, 0.2) is 85.1 Å². The molecule has 0 unspecified atom stereocenters. The highest BCUT2D eigenvalue weighted by Gasteiger charge is 2.40. The summed E-state index contributed by atoms with van der Waals surface area (Å²) >= 11 is 0. The van der Waals surface area contributed by atoms with Crippen LogP contribution in [0.3, 0.4) is 0 Å². The van der Waals surface area contributed by atoms with E-state index >= 15 is 0 Å². The first-order chi connectivity index (χ1) is 13.4. The molecule has 2 aliphatic rings. The van der Waals surface area contributed by atoms with Gasteiger partial charge in [0.25, 0.3) is 6.71 Å². The Morgan fingerprint density at radius 2 is 1.33 bits per heavy atom. The van der Waals surface area contributed by atoms with Gasteiger partial charge in [-0.25, -0.2) is 0 Å². The summed E-state index contributed by atoms with van der Waals surface area (Å²) in [6.45, 7) is 0.0913. The zero-order chi connectivity index (χ0) is 17.8. The molecule has 27 heavy (non-hydrogen) atoms. The van der Waals surface area contributed by atoms with Crippen molar-refractivity contribution in [1.82, 2.24) is 4.98 Å². The quantitative estimate of drug-likeness (QED) is 0.427. The lowest BCUT2D eigenvalue weighted by atomic mass is 9.34. The highest BCUT2D eigenvalue weighted by molar-refractivity contribution is 6.98. The second-order valence-electron chi connectivity index (χ2n) is 6.78. The topological polar surface area (TPSA) is 31.4 Å². The summed E-state index contributed by atoms with van der Waals surface area (Å²) in [6, 6.07) is 26.5. The van der Waals surface area contributed by atoms with E-state index in [0.29, 0.717) is 0 Å². The molecular weight excluding hydrogens is 333 g/mol. The number of benzene rings is 3. The summed E-state index contributed by atoms with van der Waals surface area (Å²) in [5.74, 6) is 3.48. The molecule has 3 heterocycles. The standard InChI is InChI=1S/C23H14BNO2/c1-3-10-19-16(7-1)24-17-8-2-4-11-20(17)27-23-15(18-9-5-6-14-25-18)12-13-21(26-19)22(23)24/h1-14H. The first kappa shape index (κ1) is 14.6. The third kappa shape index (κ3) is 2.07. The molecule has 3 aromatic carbocycles. The number of hydrogen-bond donors (Lipinski definition) is 0. The fraction of sp³-hybridized carbons (Fsp3) is 0. The van der Waals surface area contributed by atoms with E-state index in [1.54, 1.807) is 0 Å². The molecule has 0 spiro atoms. The van der Waals surface area contributed by atoms with Crippen LogP contribution < -0.4 is 25.9 Å². The normalized spacial score (nSPS) is 13.0. The largest absolute Gasteiger partial charge is 0.458 e. The van der Waals surface area contributed by atoms with E-state index in [9.17, 15) is 0 Å². The lowest BCUT2D eigenvalue weighted by Gasteiger charge is -2.33. The number of aromatic nitrogens is 1. The Hall–Kier alpha value is -3.53. The predicted octanol–water partition coefficient (Wildman–Crippen LogP) is 3.48. The van der Waals surface area contributed by atoms with Crippen molar-refractivity contribution in [2.45, 2.75) is 0 Å². The molecule has 0 saturated carbocycles. The molecule has 6 rings (SSSR count). The van der Waals surface area contributed by atoms with Crippen molar-refractivity contribution in [3.05, 3.63) is 85.1 Å². The van der Waals surface area contributed by atoms with Crippen LogP contribution in [0.4, 0.5) is 0 Å². The molecule has 0 atom stereocenters. The first-order valence-electron chi connectivity index (χ1n) is 9.02. The average Bonchev–Trinajstić information content (AvgIpc) is 2.74. The molecule has 0 fully saturated rings. The number of para-hydroxylation sites is 2. The van der Waals surface area contributed by atoms with E-state index in [1.165, 1.54) is 10.9 Å². The summed E-state index contributed by atoms with van der Waals surface area (Å²) in [6.07, 6.45) is 1.81. The summed E-state index contributed by atoms with van der Waals surface area (Å²) in [5.41, 5.74) is 5.29. The highest BCUT2D eigenvalue weighted by Crippen LogP contribution is 2.39. The number of pyridine rings is 1. The van der Waals surface area contributed by atoms with Gasteiger partial charge in [-0.1, -0.05) is 42.5 Å². The lowest BCUT2D eigenvalue weighted by Crippen LogP contribution is -2.57. The number of ether oxygens (including phenoxy) is 2. The van der Waals surface area contributed by atoms with E-state index in [4.69, 9.17) is 9.47 Å². The van der Waals surface area contributed by atoms with Gasteiger partial charge < -0.3 is 9.47 Å². The van der Waals surface area contributed by atoms with Crippen molar-refractivity contribution >= 4 is 23.1 Å². The van der Waals surface area contributed by atoms with Crippen LogP contribution >= 0.6 is 0 Å². The van der Waals surface area contributed by atoms with Gasteiger partial charge in [0.1, 0.15) is 23.0 Å². The Kier molecular flexibility index (Phi) is 2.97. The van der Waals surface area contributed by atoms with Gasteiger partial charge >= 0.3 is 0 Å².